The summed E-state index contributed by atoms with van der Waals surface area (Å²) in [5.41, 5.74) is 0.650. The lowest BCUT2D eigenvalue weighted by Crippen LogP contribution is -2.44. The van der Waals surface area contributed by atoms with E-state index in [1.807, 2.05) is 44.2 Å². The van der Waals surface area contributed by atoms with Gasteiger partial charge in [0.15, 0.2) is 5.12 Å². The molecule has 0 spiro atoms. The minimum atomic E-state index is -0.393. The first-order valence-electron chi connectivity index (χ1n) is 8.67. The number of carbonyl (C=O) groups excluding carboxylic acids is 2. The van der Waals surface area contributed by atoms with Crippen LogP contribution in [0.15, 0.2) is 30.3 Å². The van der Waals surface area contributed by atoms with Gasteiger partial charge < -0.3 is 14.8 Å². The topological polar surface area (TPSA) is 64.6 Å². The van der Waals surface area contributed by atoms with Gasteiger partial charge in [0.05, 0.1) is 13.2 Å². The predicted octanol–water partition coefficient (Wildman–Crippen LogP) is 4.11. The summed E-state index contributed by atoms with van der Waals surface area (Å²) in [6, 6.07) is 9.62. The van der Waals surface area contributed by atoms with Crippen LogP contribution < -0.4 is 5.32 Å². The molecule has 0 aliphatic heterocycles. The summed E-state index contributed by atoms with van der Waals surface area (Å²) in [5, 5.41) is 3.04. The highest BCUT2D eigenvalue weighted by Gasteiger charge is 2.20. The zero-order valence-electron chi connectivity index (χ0n) is 15.8. The maximum Gasteiger partial charge on any atom is 0.407 e. The summed E-state index contributed by atoms with van der Waals surface area (Å²) in [7, 11) is 0. The maximum atomic E-state index is 11.9. The Hall–Kier alpha value is -1.18. The van der Waals surface area contributed by atoms with Crippen LogP contribution in [0.5, 0.6) is 0 Å². The molecule has 1 aromatic carbocycles. The maximum absolute atomic E-state index is 11.9. The van der Waals surface area contributed by atoms with Crippen LogP contribution in [0, 0.1) is 0 Å². The van der Waals surface area contributed by atoms with E-state index in [-0.39, 0.29) is 17.3 Å². The third-order valence-corrected chi connectivity index (χ3v) is 5.16. The Morgan fingerprint density at radius 1 is 1.08 bits per heavy atom. The normalized spacial score (nSPS) is 11.2. The van der Waals surface area contributed by atoms with Crippen LogP contribution in [0.2, 0.25) is 0 Å². The molecule has 0 aliphatic carbocycles. The predicted molar refractivity (Wildman–Crippen MR) is 110 cm³/mol. The Bertz CT molecular complexity index is 538. The summed E-state index contributed by atoms with van der Waals surface area (Å²) in [5.74, 6) is 2.54. The number of hydrogen-bond donors (Lipinski definition) is 1. The van der Waals surface area contributed by atoms with Gasteiger partial charge in [-0.3, -0.25) is 4.79 Å². The monoisotopic (exact) mass is 399 g/mol. The molecule has 0 saturated heterocycles. The van der Waals surface area contributed by atoms with Gasteiger partial charge in [0.1, 0.15) is 6.61 Å². The van der Waals surface area contributed by atoms with E-state index >= 15 is 0 Å². The molecule has 0 heterocycles. The molecule has 1 aromatic rings. The Balaban J connectivity index is 2.06. The molecule has 1 N–H and O–H groups in total. The second-order valence-corrected chi connectivity index (χ2v) is 8.88. The number of alkyl carbamates (subject to hydrolysis) is 1. The molecule has 0 aromatic heterocycles. The SMILES string of the molecule is CC(=O)SCCOCCSCCC(C)(C)NC(=O)OCc1ccccc1. The van der Waals surface area contributed by atoms with Crippen molar-refractivity contribution >= 4 is 34.7 Å². The number of benzene rings is 1. The molecular weight excluding hydrogens is 370 g/mol. The highest BCUT2D eigenvalue weighted by molar-refractivity contribution is 8.13. The van der Waals surface area contributed by atoms with E-state index in [2.05, 4.69) is 5.32 Å². The largest absolute Gasteiger partial charge is 0.445 e. The van der Waals surface area contributed by atoms with Gasteiger partial charge in [-0.05, 0) is 31.6 Å². The smallest absolute Gasteiger partial charge is 0.407 e. The molecule has 0 saturated carbocycles. The van der Waals surface area contributed by atoms with Crippen LogP contribution in [0.4, 0.5) is 4.79 Å². The van der Waals surface area contributed by atoms with E-state index in [9.17, 15) is 9.59 Å². The lowest BCUT2D eigenvalue weighted by Gasteiger charge is -2.25. The zero-order valence-corrected chi connectivity index (χ0v) is 17.4. The summed E-state index contributed by atoms with van der Waals surface area (Å²) >= 11 is 3.08. The minimum absolute atomic E-state index is 0.125. The molecule has 0 bridgehead atoms. The lowest BCUT2D eigenvalue weighted by atomic mass is 10.0. The van der Waals surface area contributed by atoms with Crippen LogP contribution in [0.25, 0.3) is 0 Å². The molecule has 1 amide bonds. The minimum Gasteiger partial charge on any atom is -0.445 e. The number of nitrogens with one attached hydrogen (secondary N) is 1. The molecular formula is C19H29NO4S2. The fraction of sp³-hybridized carbons (Fsp3) is 0.579. The third kappa shape index (κ3) is 12.2. The van der Waals surface area contributed by atoms with E-state index in [1.165, 1.54) is 11.8 Å². The van der Waals surface area contributed by atoms with Crippen LogP contribution in [-0.4, -0.2) is 47.2 Å². The van der Waals surface area contributed by atoms with Gasteiger partial charge in [-0.2, -0.15) is 11.8 Å². The van der Waals surface area contributed by atoms with Gasteiger partial charge >= 0.3 is 6.09 Å². The van der Waals surface area contributed by atoms with Gasteiger partial charge in [0, 0.05) is 24.0 Å². The van der Waals surface area contributed by atoms with E-state index in [0.717, 1.165) is 23.5 Å². The van der Waals surface area contributed by atoms with Gasteiger partial charge in [-0.1, -0.05) is 42.1 Å². The molecule has 146 valence electrons. The summed E-state index contributed by atoms with van der Waals surface area (Å²) < 4.78 is 10.7. The first kappa shape index (κ1) is 22.9. The zero-order chi connectivity index (χ0) is 19.3. The number of hydrogen-bond acceptors (Lipinski definition) is 6. The second kappa shape index (κ2) is 13.1. The van der Waals surface area contributed by atoms with Crippen LogP contribution in [-0.2, 0) is 20.9 Å². The lowest BCUT2D eigenvalue weighted by molar-refractivity contribution is -0.109. The van der Waals surface area contributed by atoms with Gasteiger partial charge in [-0.15, -0.1) is 0 Å². The number of rotatable bonds is 12. The number of ether oxygens (including phenoxy) is 2. The summed E-state index contributed by atoms with van der Waals surface area (Å²) in [4.78, 5) is 22.7. The Morgan fingerprint density at radius 3 is 2.46 bits per heavy atom. The Kier molecular flexibility index (Phi) is 11.5. The average molecular weight is 400 g/mol. The Labute approximate surface area is 165 Å². The molecule has 5 nitrogen and oxygen atoms in total. The van der Waals surface area contributed by atoms with Crippen molar-refractivity contribution in [2.75, 3.05) is 30.5 Å². The molecule has 26 heavy (non-hydrogen) atoms. The molecule has 0 atom stereocenters. The molecule has 7 heteroatoms. The molecule has 0 radical (unpaired) electrons. The molecule has 0 aliphatic rings. The van der Waals surface area contributed by atoms with Crippen molar-refractivity contribution in [2.45, 2.75) is 39.3 Å². The van der Waals surface area contributed by atoms with Gasteiger partial charge in [0.25, 0.3) is 0 Å². The standard InChI is InChI=1S/C19H29NO4S2/c1-16(21)26-14-11-23-10-13-25-12-9-19(2,3)20-18(22)24-15-17-7-5-4-6-8-17/h4-8H,9-15H2,1-3H3,(H,20,22). The quantitative estimate of drug-likeness (QED) is 0.534. The summed E-state index contributed by atoms with van der Waals surface area (Å²) in [6.45, 7) is 7.10. The van der Waals surface area contributed by atoms with Crippen molar-refractivity contribution in [3.8, 4) is 0 Å². The summed E-state index contributed by atoms with van der Waals surface area (Å²) in [6.07, 6.45) is 0.452. The van der Waals surface area contributed by atoms with Crippen molar-refractivity contribution in [2.24, 2.45) is 0 Å². The first-order valence-corrected chi connectivity index (χ1v) is 10.8. The average Bonchev–Trinajstić information content (AvgIpc) is 2.58. The van der Waals surface area contributed by atoms with Crippen LogP contribution >= 0.6 is 23.5 Å². The number of thioether (sulfide) groups is 2. The fourth-order valence-corrected chi connectivity index (χ4v) is 3.57. The number of amides is 1. The second-order valence-electron chi connectivity index (χ2n) is 6.39. The highest BCUT2D eigenvalue weighted by atomic mass is 32.2. The molecule has 0 fully saturated rings. The first-order chi connectivity index (χ1) is 12.4. The van der Waals surface area contributed by atoms with Crippen molar-refractivity contribution in [3.63, 3.8) is 0 Å². The van der Waals surface area contributed by atoms with Gasteiger partial charge in [0.2, 0.25) is 0 Å². The van der Waals surface area contributed by atoms with Crippen molar-refractivity contribution in [3.05, 3.63) is 35.9 Å². The van der Waals surface area contributed by atoms with Crippen LogP contribution in [0.1, 0.15) is 32.8 Å². The van der Waals surface area contributed by atoms with E-state index < -0.39 is 6.09 Å². The fourth-order valence-electron chi connectivity index (χ4n) is 1.99. The highest BCUT2D eigenvalue weighted by Crippen LogP contribution is 2.14. The van der Waals surface area contributed by atoms with Gasteiger partial charge in [-0.25, -0.2) is 4.79 Å². The van der Waals surface area contributed by atoms with Crippen molar-refractivity contribution < 1.29 is 19.1 Å². The van der Waals surface area contributed by atoms with Crippen molar-refractivity contribution in [1.82, 2.24) is 5.32 Å². The van der Waals surface area contributed by atoms with E-state index in [4.69, 9.17) is 9.47 Å². The van der Waals surface area contributed by atoms with Crippen LogP contribution in [0.3, 0.4) is 0 Å². The third-order valence-electron chi connectivity index (χ3n) is 3.43. The van der Waals surface area contributed by atoms with Crippen molar-refractivity contribution in [1.29, 1.82) is 0 Å². The van der Waals surface area contributed by atoms with E-state index in [1.54, 1.807) is 18.7 Å². The van der Waals surface area contributed by atoms with E-state index in [0.29, 0.717) is 19.0 Å². The Morgan fingerprint density at radius 2 is 1.77 bits per heavy atom. The molecule has 1 rings (SSSR count). The molecule has 0 unspecified atom stereocenters. The number of carbonyl (C=O) groups is 2.